The van der Waals surface area contributed by atoms with Crippen LogP contribution in [0, 0.1) is 0 Å². The minimum atomic E-state index is -2.99. The van der Waals surface area contributed by atoms with Crippen LogP contribution in [0.25, 0.3) is 0 Å². The van der Waals surface area contributed by atoms with E-state index in [4.69, 9.17) is 14.2 Å². The highest BCUT2D eigenvalue weighted by Crippen LogP contribution is 2.35. The second-order valence-corrected chi connectivity index (χ2v) is 5.14. The van der Waals surface area contributed by atoms with Crippen molar-refractivity contribution < 1.29 is 32.5 Å². The van der Waals surface area contributed by atoms with E-state index in [1.807, 2.05) is 0 Å². The van der Waals surface area contributed by atoms with Crippen LogP contribution in [0.15, 0.2) is 42.5 Å². The first-order valence-electron chi connectivity index (χ1n) is 7.44. The molecule has 1 atom stereocenters. The lowest BCUT2D eigenvalue weighted by Crippen LogP contribution is -2.30. The zero-order valence-corrected chi connectivity index (χ0v) is 13.2. The Bertz CT molecular complexity index is 768. The van der Waals surface area contributed by atoms with Gasteiger partial charge in [-0.2, -0.15) is 8.78 Å². The Morgan fingerprint density at radius 1 is 1.12 bits per heavy atom. The summed E-state index contributed by atoms with van der Waals surface area (Å²) in [4.78, 5) is 12.3. The summed E-state index contributed by atoms with van der Waals surface area (Å²) in [6.45, 7) is -1.31. The third-order valence-electron chi connectivity index (χ3n) is 3.39. The zero-order chi connectivity index (χ0) is 17.8. The molecule has 0 aliphatic carbocycles. The van der Waals surface area contributed by atoms with Crippen LogP contribution in [-0.2, 0) is 4.79 Å². The highest BCUT2D eigenvalue weighted by Gasteiger charge is 2.20. The molecule has 25 heavy (non-hydrogen) atoms. The lowest BCUT2D eigenvalue weighted by molar-refractivity contribution is -0.122. The molecule has 1 aliphatic rings. The number of benzene rings is 2. The fourth-order valence-corrected chi connectivity index (χ4v) is 2.21. The summed E-state index contributed by atoms with van der Waals surface area (Å²) in [7, 11) is 0. The van der Waals surface area contributed by atoms with Crippen molar-refractivity contribution in [1.82, 2.24) is 0 Å². The molecule has 1 heterocycles. The predicted octanol–water partition coefficient (Wildman–Crippen LogP) is 3.42. The quantitative estimate of drug-likeness (QED) is 0.864. The first-order chi connectivity index (χ1) is 12.0. The number of rotatable bonds is 6. The molecule has 0 radical (unpaired) electrons. The molecule has 132 valence electrons. The molecule has 0 saturated carbocycles. The summed E-state index contributed by atoms with van der Waals surface area (Å²) in [6, 6.07) is 10.9. The Kier molecular flexibility index (Phi) is 4.87. The second kappa shape index (κ2) is 7.25. The van der Waals surface area contributed by atoms with E-state index in [0.717, 1.165) is 0 Å². The first kappa shape index (κ1) is 16.8. The van der Waals surface area contributed by atoms with Gasteiger partial charge < -0.3 is 24.3 Å². The number of alkyl halides is 2. The average Bonchev–Trinajstić information content (AvgIpc) is 3.03. The van der Waals surface area contributed by atoms with Crippen molar-refractivity contribution in [3.63, 3.8) is 0 Å². The van der Waals surface area contributed by atoms with Crippen LogP contribution in [0.1, 0.15) is 6.92 Å². The van der Waals surface area contributed by atoms with E-state index in [2.05, 4.69) is 10.1 Å². The third-order valence-corrected chi connectivity index (χ3v) is 3.39. The molecule has 1 aliphatic heterocycles. The third kappa shape index (κ3) is 4.09. The monoisotopic (exact) mass is 351 g/mol. The molecule has 2 aromatic carbocycles. The SMILES string of the molecule is C[C@@H](Oc1ccc2c(c1)OCO2)C(=O)Nc1ccccc1OC(F)F. The standard InChI is InChI=1S/C17H15F2NO5/c1-10(24-11-6-7-14-15(8-11)23-9-22-14)16(21)20-12-4-2-3-5-13(12)25-17(18)19/h2-8,10,17H,9H2,1H3,(H,20,21)/t10-/m1/s1. The lowest BCUT2D eigenvalue weighted by Gasteiger charge is -2.16. The number of fused-ring (bicyclic) bond motifs is 1. The number of halogens is 2. The molecule has 0 saturated heterocycles. The second-order valence-electron chi connectivity index (χ2n) is 5.14. The summed E-state index contributed by atoms with van der Waals surface area (Å²) in [5.74, 6) is 0.913. The fraction of sp³-hybridized carbons (Fsp3) is 0.235. The number of ether oxygens (including phenoxy) is 4. The molecule has 0 aromatic heterocycles. The molecular weight excluding hydrogens is 336 g/mol. The maximum Gasteiger partial charge on any atom is 0.387 e. The van der Waals surface area contributed by atoms with E-state index in [1.54, 1.807) is 24.3 Å². The highest BCUT2D eigenvalue weighted by molar-refractivity contribution is 5.95. The maximum atomic E-state index is 12.4. The van der Waals surface area contributed by atoms with E-state index < -0.39 is 18.6 Å². The van der Waals surface area contributed by atoms with Gasteiger partial charge in [0.25, 0.3) is 5.91 Å². The molecule has 1 amide bonds. The molecule has 8 heteroatoms. The van der Waals surface area contributed by atoms with Crippen molar-refractivity contribution in [3.05, 3.63) is 42.5 Å². The smallest absolute Gasteiger partial charge is 0.387 e. The fourth-order valence-electron chi connectivity index (χ4n) is 2.21. The Hall–Kier alpha value is -3.03. The van der Waals surface area contributed by atoms with E-state index in [-0.39, 0.29) is 18.2 Å². The summed E-state index contributed by atoms with van der Waals surface area (Å²) in [5.41, 5.74) is 0.133. The molecule has 0 bridgehead atoms. The molecule has 6 nitrogen and oxygen atoms in total. The Balaban J connectivity index is 1.65. The normalized spacial score (nSPS) is 13.4. The number of carbonyl (C=O) groups is 1. The first-order valence-corrected chi connectivity index (χ1v) is 7.44. The van der Waals surface area contributed by atoms with Gasteiger partial charge in [-0.25, -0.2) is 0 Å². The number of carbonyl (C=O) groups excluding carboxylic acids is 1. The largest absolute Gasteiger partial charge is 0.481 e. The van der Waals surface area contributed by atoms with Gasteiger partial charge in [0, 0.05) is 6.07 Å². The van der Waals surface area contributed by atoms with Crippen molar-refractivity contribution in [2.45, 2.75) is 19.6 Å². The van der Waals surface area contributed by atoms with Gasteiger partial charge in [-0.3, -0.25) is 4.79 Å². The maximum absolute atomic E-state index is 12.4. The van der Waals surface area contributed by atoms with Crippen LogP contribution in [0.3, 0.4) is 0 Å². The van der Waals surface area contributed by atoms with E-state index in [1.165, 1.54) is 25.1 Å². The Labute approximate surface area is 142 Å². The van der Waals surface area contributed by atoms with Gasteiger partial charge in [-0.15, -0.1) is 0 Å². The van der Waals surface area contributed by atoms with Crippen LogP contribution in [-0.4, -0.2) is 25.4 Å². The Morgan fingerprint density at radius 3 is 2.68 bits per heavy atom. The van der Waals surface area contributed by atoms with Crippen LogP contribution in [0.2, 0.25) is 0 Å². The number of amides is 1. The molecule has 3 rings (SSSR count). The van der Waals surface area contributed by atoms with Gasteiger partial charge in [0.2, 0.25) is 6.79 Å². The van der Waals surface area contributed by atoms with E-state index in [9.17, 15) is 13.6 Å². The van der Waals surface area contributed by atoms with Gasteiger partial charge in [-0.05, 0) is 31.2 Å². The van der Waals surface area contributed by atoms with Crippen molar-refractivity contribution in [1.29, 1.82) is 0 Å². The highest BCUT2D eigenvalue weighted by atomic mass is 19.3. The molecule has 0 spiro atoms. The zero-order valence-electron chi connectivity index (χ0n) is 13.2. The van der Waals surface area contributed by atoms with Gasteiger partial charge in [0.15, 0.2) is 17.6 Å². The van der Waals surface area contributed by atoms with E-state index >= 15 is 0 Å². The summed E-state index contributed by atoms with van der Waals surface area (Å²) < 4.78 is 45.2. The molecule has 0 fully saturated rings. The van der Waals surface area contributed by atoms with Crippen molar-refractivity contribution in [3.8, 4) is 23.0 Å². The molecule has 2 aromatic rings. The molecule has 0 unspecified atom stereocenters. The summed E-state index contributed by atoms with van der Waals surface area (Å²) >= 11 is 0. The van der Waals surface area contributed by atoms with Crippen molar-refractivity contribution >= 4 is 11.6 Å². The van der Waals surface area contributed by atoms with Crippen LogP contribution >= 0.6 is 0 Å². The predicted molar refractivity (Wildman–Crippen MR) is 84.4 cm³/mol. The topological polar surface area (TPSA) is 66.0 Å². The van der Waals surface area contributed by atoms with Crippen molar-refractivity contribution in [2.24, 2.45) is 0 Å². The summed E-state index contributed by atoms with van der Waals surface area (Å²) in [6.07, 6.45) is -0.875. The molecular formula is C17H15F2NO5. The number of hydrogen-bond donors (Lipinski definition) is 1. The van der Waals surface area contributed by atoms with Gasteiger partial charge in [-0.1, -0.05) is 12.1 Å². The number of nitrogens with one attached hydrogen (secondary N) is 1. The molecule has 1 N–H and O–H groups in total. The van der Waals surface area contributed by atoms with E-state index in [0.29, 0.717) is 17.2 Å². The van der Waals surface area contributed by atoms with Gasteiger partial charge in [0.05, 0.1) is 5.69 Å². The number of hydrogen-bond acceptors (Lipinski definition) is 5. The minimum Gasteiger partial charge on any atom is -0.481 e. The summed E-state index contributed by atoms with van der Waals surface area (Å²) in [5, 5.41) is 2.51. The van der Waals surface area contributed by atoms with Gasteiger partial charge in [0.1, 0.15) is 11.5 Å². The van der Waals surface area contributed by atoms with Crippen molar-refractivity contribution in [2.75, 3.05) is 12.1 Å². The number of para-hydroxylation sites is 2. The van der Waals surface area contributed by atoms with Crippen LogP contribution in [0.5, 0.6) is 23.0 Å². The Morgan fingerprint density at radius 2 is 1.88 bits per heavy atom. The minimum absolute atomic E-state index is 0.124. The number of anilines is 1. The average molecular weight is 351 g/mol. The van der Waals surface area contributed by atoms with Crippen LogP contribution in [0.4, 0.5) is 14.5 Å². The lowest BCUT2D eigenvalue weighted by atomic mass is 10.2. The van der Waals surface area contributed by atoms with Crippen LogP contribution < -0.4 is 24.3 Å². The van der Waals surface area contributed by atoms with Gasteiger partial charge >= 0.3 is 6.61 Å².